The summed E-state index contributed by atoms with van der Waals surface area (Å²) in [5, 5.41) is 12.1. The van der Waals surface area contributed by atoms with Crippen molar-refractivity contribution >= 4 is 18.0 Å². The molecular weight excluding hydrogens is 386 g/mol. The van der Waals surface area contributed by atoms with Gasteiger partial charge in [0.25, 0.3) is 0 Å². The number of alkyl carbamates (subject to hydrolysis) is 1. The van der Waals surface area contributed by atoms with Crippen LogP contribution in [0.15, 0.2) is 16.6 Å². The Morgan fingerprint density at radius 2 is 2.07 bits per heavy atom. The quantitative estimate of drug-likeness (QED) is 0.231. The molecule has 1 saturated heterocycles. The fourth-order valence-electron chi connectivity index (χ4n) is 3.01. The molecule has 0 aliphatic carbocycles. The second-order valence-corrected chi connectivity index (χ2v) is 8.41. The van der Waals surface area contributed by atoms with E-state index in [0.29, 0.717) is 25.6 Å². The highest BCUT2D eigenvalue weighted by molar-refractivity contribution is 5.85. The van der Waals surface area contributed by atoms with Gasteiger partial charge in [-0.15, -0.1) is 4.99 Å². The molecule has 0 aromatic rings. The fraction of sp³-hybridized carbons (Fsp3) is 0.714. The predicted molar refractivity (Wildman–Crippen MR) is 115 cm³/mol. The number of carbonyl (C=O) groups excluding carboxylic acids is 2. The van der Waals surface area contributed by atoms with Crippen LogP contribution in [0.4, 0.5) is 4.79 Å². The van der Waals surface area contributed by atoms with E-state index in [1.165, 1.54) is 0 Å². The Hall–Kier alpha value is -2.76. The summed E-state index contributed by atoms with van der Waals surface area (Å²) < 4.78 is 10.4. The molecule has 0 radical (unpaired) electrons. The van der Waals surface area contributed by atoms with Crippen LogP contribution >= 0.6 is 0 Å². The molecule has 9 nitrogen and oxygen atoms in total. The summed E-state index contributed by atoms with van der Waals surface area (Å²) in [7, 11) is 0. The maximum absolute atomic E-state index is 12.1. The molecule has 1 amide bonds. The minimum Gasteiger partial charge on any atom is -0.465 e. The number of esters is 1. The minimum atomic E-state index is -0.577. The number of rotatable bonds is 6. The van der Waals surface area contributed by atoms with E-state index in [0.717, 1.165) is 18.4 Å². The fourth-order valence-corrected chi connectivity index (χ4v) is 3.01. The SMILES string of the molecule is CCOC(=O)CN(CC=C(C)C)C(=NC#N)N1CCC[C@@H](NC(=O)OC(C)(C)C)C1. The first-order chi connectivity index (χ1) is 14.1. The standard InChI is InChI=1S/C21H35N5O4/c1-7-29-18(27)14-26(12-10-16(2)3)19(23-15-22)25-11-8-9-17(13-25)24-20(28)30-21(4,5)6/h10,17H,7-9,11-14H2,1-6H3,(H,24,28)/t17-/m1/s1. The van der Waals surface area contributed by atoms with E-state index in [9.17, 15) is 14.9 Å². The number of nitrogens with zero attached hydrogens (tertiary/aromatic N) is 4. The Labute approximate surface area is 179 Å². The monoisotopic (exact) mass is 421 g/mol. The number of carbonyl (C=O) groups is 2. The highest BCUT2D eigenvalue weighted by atomic mass is 16.6. The summed E-state index contributed by atoms with van der Waals surface area (Å²) in [5.41, 5.74) is 0.510. The van der Waals surface area contributed by atoms with Crippen molar-refractivity contribution in [3.8, 4) is 6.19 Å². The normalized spacial score (nSPS) is 16.9. The first kappa shape index (κ1) is 25.3. The maximum Gasteiger partial charge on any atom is 0.407 e. The van der Waals surface area contributed by atoms with Gasteiger partial charge in [-0.25, -0.2) is 4.79 Å². The lowest BCUT2D eigenvalue weighted by atomic mass is 10.1. The van der Waals surface area contributed by atoms with Gasteiger partial charge in [0, 0.05) is 25.7 Å². The van der Waals surface area contributed by atoms with Crippen molar-refractivity contribution in [1.82, 2.24) is 15.1 Å². The van der Waals surface area contributed by atoms with E-state index < -0.39 is 11.7 Å². The number of hydrogen-bond acceptors (Lipinski definition) is 6. The number of likely N-dealkylation sites (tertiary alicyclic amines) is 1. The molecule has 1 rings (SSSR count). The molecule has 0 unspecified atom stereocenters. The molecule has 30 heavy (non-hydrogen) atoms. The topological polar surface area (TPSA) is 107 Å². The number of allylic oxidation sites excluding steroid dienone is 1. The molecular formula is C21H35N5O4. The lowest BCUT2D eigenvalue weighted by molar-refractivity contribution is -0.143. The summed E-state index contributed by atoms with van der Waals surface area (Å²) >= 11 is 0. The summed E-state index contributed by atoms with van der Waals surface area (Å²) in [5.74, 6) is 0.0180. The Morgan fingerprint density at radius 3 is 2.63 bits per heavy atom. The summed E-state index contributed by atoms with van der Waals surface area (Å²) in [6, 6.07) is -0.148. The lowest BCUT2D eigenvalue weighted by Crippen LogP contribution is -2.55. The molecule has 0 aromatic heterocycles. The van der Waals surface area contributed by atoms with Crippen molar-refractivity contribution in [2.75, 3.05) is 32.8 Å². The molecule has 0 saturated carbocycles. The molecule has 0 bridgehead atoms. The van der Waals surface area contributed by atoms with Crippen LogP contribution in [0, 0.1) is 11.5 Å². The number of piperidine rings is 1. The van der Waals surface area contributed by atoms with E-state index in [4.69, 9.17) is 9.47 Å². The molecule has 1 aliphatic heterocycles. The third kappa shape index (κ3) is 9.63. The summed E-state index contributed by atoms with van der Waals surface area (Å²) in [4.78, 5) is 31.9. The van der Waals surface area contributed by atoms with Gasteiger partial charge in [0.05, 0.1) is 6.61 Å². The lowest BCUT2D eigenvalue weighted by Gasteiger charge is -2.38. The number of hydrogen-bond donors (Lipinski definition) is 1. The number of aliphatic imine (C=N–C) groups is 1. The van der Waals surface area contributed by atoms with E-state index in [1.54, 1.807) is 11.8 Å². The van der Waals surface area contributed by atoms with E-state index >= 15 is 0 Å². The Balaban J connectivity index is 2.96. The van der Waals surface area contributed by atoms with Crippen LogP contribution in [0.2, 0.25) is 0 Å². The van der Waals surface area contributed by atoms with Crippen LogP contribution in [-0.2, 0) is 14.3 Å². The van der Waals surface area contributed by atoms with Gasteiger partial charge in [-0.2, -0.15) is 5.26 Å². The third-order valence-electron chi connectivity index (χ3n) is 4.20. The molecule has 1 N–H and O–H groups in total. The van der Waals surface area contributed by atoms with Gasteiger partial charge >= 0.3 is 12.1 Å². The maximum atomic E-state index is 12.1. The van der Waals surface area contributed by atoms with Crippen LogP contribution in [0.5, 0.6) is 0 Å². The minimum absolute atomic E-state index is 0.0151. The predicted octanol–water partition coefficient (Wildman–Crippen LogP) is 2.64. The molecule has 9 heteroatoms. The van der Waals surface area contributed by atoms with E-state index in [2.05, 4.69) is 10.3 Å². The van der Waals surface area contributed by atoms with Crippen molar-refractivity contribution < 1.29 is 19.1 Å². The Bertz CT molecular complexity index is 686. The second-order valence-electron chi connectivity index (χ2n) is 8.41. The van der Waals surface area contributed by atoms with Crippen molar-refractivity contribution in [1.29, 1.82) is 5.26 Å². The molecule has 1 heterocycles. The van der Waals surface area contributed by atoms with Crippen molar-refractivity contribution in [2.24, 2.45) is 4.99 Å². The number of ether oxygens (including phenoxy) is 2. The molecule has 0 spiro atoms. The highest BCUT2D eigenvalue weighted by Crippen LogP contribution is 2.15. The average molecular weight is 422 g/mol. The van der Waals surface area contributed by atoms with E-state index in [1.807, 2.05) is 51.8 Å². The molecule has 168 valence electrons. The largest absolute Gasteiger partial charge is 0.465 e. The van der Waals surface area contributed by atoms with Gasteiger partial charge in [0.1, 0.15) is 12.1 Å². The van der Waals surface area contributed by atoms with Gasteiger partial charge in [0.15, 0.2) is 0 Å². The summed E-state index contributed by atoms with van der Waals surface area (Å²) in [6.45, 7) is 12.9. The van der Waals surface area contributed by atoms with Crippen LogP contribution in [0.3, 0.4) is 0 Å². The van der Waals surface area contributed by atoms with Crippen molar-refractivity contribution in [3.05, 3.63) is 11.6 Å². The zero-order valence-corrected chi connectivity index (χ0v) is 19.0. The Kier molecular flexibility index (Phi) is 10.2. The van der Waals surface area contributed by atoms with Gasteiger partial charge in [-0.05, 0) is 54.4 Å². The zero-order valence-electron chi connectivity index (χ0n) is 19.0. The van der Waals surface area contributed by atoms with Gasteiger partial charge in [-0.3, -0.25) is 4.79 Å². The number of guanidine groups is 1. The van der Waals surface area contributed by atoms with Crippen molar-refractivity contribution in [2.45, 2.75) is 66.0 Å². The number of nitrogens with one attached hydrogen (secondary N) is 1. The van der Waals surface area contributed by atoms with Crippen LogP contribution < -0.4 is 5.32 Å². The first-order valence-electron chi connectivity index (χ1n) is 10.3. The highest BCUT2D eigenvalue weighted by Gasteiger charge is 2.29. The van der Waals surface area contributed by atoms with Crippen molar-refractivity contribution in [3.63, 3.8) is 0 Å². The van der Waals surface area contributed by atoms with E-state index in [-0.39, 0.29) is 25.2 Å². The van der Waals surface area contributed by atoms with Crippen LogP contribution in [0.25, 0.3) is 0 Å². The van der Waals surface area contributed by atoms with Gasteiger partial charge in [0.2, 0.25) is 12.2 Å². The zero-order chi connectivity index (χ0) is 22.7. The Morgan fingerprint density at radius 1 is 1.37 bits per heavy atom. The van der Waals surface area contributed by atoms with Crippen LogP contribution in [-0.4, -0.2) is 72.3 Å². The molecule has 1 atom stereocenters. The summed E-state index contributed by atoms with van der Waals surface area (Å²) in [6.07, 6.45) is 4.94. The molecule has 0 aromatic carbocycles. The smallest absolute Gasteiger partial charge is 0.407 e. The third-order valence-corrected chi connectivity index (χ3v) is 4.20. The molecule has 1 fully saturated rings. The second kappa shape index (κ2) is 12.1. The first-order valence-corrected chi connectivity index (χ1v) is 10.3. The van der Waals surface area contributed by atoms with Gasteiger partial charge in [-0.1, -0.05) is 11.6 Å². The number of amides is 1. The van der Waals surface area contributed by atoms with Crippen LogP contribution in [0.1, 0.15) is 54.4 Å². The number of nitriles is 1. The van der Waals surface area contributed by atoms with Gasteiger partial charge < -0.3 is 24.6 Å². The average Bonchev–Trinajstić information content (AvgIpc) is 2.62. The molecule has 1 aliphatic rings.